The van der Waals surface area contributed by atoms with E-state index in [1.807, 2.05) is 11.5 Å². The number of carbonyl (C=O) groups is 1. The Balaban J connectivity index is 1.69. The van der Waals surface area contributed by atoms with Crippen molar-refractivity contribution in [2.24, 2.45) is 0 Å². The Bertz CT molecular complexity index is 704. The predicted octanol–water partition coefficient (Wildman–Crippen LogP) is 4.22. The Morgan fingerprint density at radius 2 is 2.05 bits per heavy atom. The van der Waals surface area contributed by atoms with Crippen LogP contribution in [0, 0.1) is 6.92 Å². The van der Waals surface area contributed by atoms with Crippen molar-refractivity contribution in [1.82, 2.24) is 5.32 Å². The molecule has 1 saturated heterocycles. The average molecular weight is 330 g/mol. The Morgan fingerprint density at radius 1 is 1.27 bits per heavy atom. The Kier molecular flexibility index (Phi) is 4.55. The Hall–Kier alpha value is -1.72. The van der Waals surface area contributed by atoms with E-state index in [4.69, 9.17) is 0 Å². The summed E-state index contributed by atoms with van der Waals surface area (Å²) in [5.74, 6) is -0.0134. The molecule has 1 atom stereocenters. The number of thiophene rings is 1. The third-order valence-electron chi connectivity index (χ3n) is 3.55. The van der Waals surface area contributed by atoms with E-state index in [1.54, 1.807) is 11.3 Å². The van der Waals surface area contributed by atoms with Gasteiger partial charge in [-0.1, -0.05) is 30.8 Å². The molecule has 114 valence electrons. The highest BCUT2D eigenvalue weighted by Gasteiger charge is 2.27. The number of hydrogen-bond acceptors (Lipinski definition) is 4. The van der Waals surface area contributed by atoms with Crippen LogP contribution in [0.5, 0.6) is 0 Å². The number of anilines is 1. The number of benzene rings is 1. The first-order valence-corrected chi connectivity index (χ1v) is 9.00. The van der Waals surface area contributed by atoms with Crippen molar-refractivity contribution in [2.75, 3.05) is 5.32 Å². The summed E-state index contributed by atoms with van der Waals surface area (Å²) in [6.07, 6.45) is 3.00. The molecule has 1 aliphatic rings. The summed E-state index contributed by atoms with van der Waals surface area (Å²) in [5.41, 5.74) is 3.41. The minimum atomic E-state index is -0.119. The largest absolute Gasteiger partial charge is 0.357 e. The standard InChI is InChI=1S/C17H18N2OS2/c1-3-12-4-6-13(7-5-12)18-17-19-16(20)15(22-17)10-14-11(2)8-9-21-14/h4-10,17-18H,3H2,1-2H3,(H,19,20)/b15-10-/t17-/m1/s1. The van der Waals surface area contributed by atoms with Crippen molar-refractivity contribution in [3.8, 4) is 0 Å². The molecule has 22 heavy (non-hydrogen) atoms. The molecule has 1 aliphatic heterocycles. The zero-order valence-corrected chi connectivity index (χ0v) is 14.2. The molecule has 3 nitrogen and oxygen atoms in total. The van der Waals surface area contributed by atoms with Crippen LogP contribution in [0.15, 0.2) is 40.6 Å². The fourth-order valence-electron chi connectivity index (χ4n) is 2.20. The van der Waals surface area contributed by atoms with Gasteiger partial charge in [0, 0.05) is 10.6 Å². The highest BCUT2D eigenvalue weighted by molar-refractivity contribution is 8.05. The summed E-state index contributed by atoms with van der Waals surface area (Å²) in [5, 5.41) is 8.35. The molecule has 1 aromatic heterocycles. The van der Waals surface area contributed by atoms with E-state index in [1.165, 1.54) is 22.9 Å². The molecule has 0 radical (unpaired) electrons. The van der Waals surface area contributed by atoms with Gasteiger partial charge in [0.15, 0.2) is 5.50 Å². The fraction of sp³-hybridized carbons (Fsp3) is 0.235. The van der Waals surface area contributed by atoms with Crippen LogP contribution < -0.4 is 10.6 Å². The van der Waals surface area contributed by atoms with Gasteiger partial charge in [-0.25, -0.2) is 0 Å². The van der Waals surface area contributed by atoms with E-state index in [-0.39, 0.29) is 11.4 Å². The smallest absolute Gasteiger partial charge is 0.260 e. The minimum Gasteiger partial charge on any atom is -0.357 e. The van der Waals surface area contributed by atoms with Crippen molar-refractivity contribution >= 4 is 40.8 Å². The van der Waals surface area contributed by atoms with Crippen LogP contribution in [-0.4, -0.2) is 11.4 Å². The van der Waals surface area contributed by atoms with Crippen molar-refractivity contribution < 1.29 is 4.79 Å². The van der Waals surface area contributed by atoms with E-state index >= 15 is 0 Å². The lowest BCUT2D eigenvalue weighted by Crippen LogP contribution is -2.30. The first-order valence-electron chi connectivity index (χ1n) is 7.24. The topological polar surface area (TPSA) is 41.1 Å². The molecule has 1 amide bonds. The molecule has 0 bridgehead atoms. The monoisotopic (exact) mass is 330 g/mol. The van der Waals surface area contributed by atoms with Crippen LogP contribution in [0.4, 0.5) is 5.69 Å². The second kappa shape index (κ2) is 6.58. The Morgan fingerprint density at radius 3 is 2.68 bits per heavy atom. The van der Waals surface area contributed by atoms with Gasteiger partial charge < -0.3 is 10.6 Å². The van der Waals surface area contributed by atoms with Crippen LogP contribution in [0.25, 0.3) is 6.08 Å². The molecule has 0 unspecified atom stereocenters. The van der Waals surface area contributed by atoms with Crippen LogP contribution >= 0.6 is 23.1 Å². The van der Waals surface area contributed by atoms with Gasteiger partial charge in [0.1, 0.15) is 0 Å². The SMILES string of the molecule is CCc1ccc(N[C@@H]2NC(=O)/C(=C/c3sccc3C)S2)cc1. The average Bonchev–Trinajstić information content (AvgIpc) is 3.07. The van der Waals surface area contributed by atoms with Crippen LogP contribution in [0.1, 0.15) is 22.9 Å². The van der Waals surface area contributed by atoms with Crippen LogP contribution in [0.2, 0.25) is 0 Å². The lowest BCUT2D eigenvalue weighted by atomic mass is 10.1. The highest BCUT2D eigenvalue weighted by atomic mass is 32.2. The first-order chi connectivity index (χ1) is 10.7. The summed E-state index contributed by atoms with van der Waals surface area (Å²) in [6.45, 7) is 4.20. The van der Waals surface area contributed by atoms with Gasteiger partial charge in [-0.3, -0.25) is 4.79 Å². The number of amides is 1. The second-order valence-electron chi connectivity index (χ2n) is 5.14. The lowest BCUT2D eigenvalue weighted by Gasteiger charge is -2.12. The third-order valence-corrected chi connectivity index (χ3v) is 5.55. The van der Waals surface area contributed by atoms with Gasteiger partial charge in [0.2, 0.25) is 0 Å². The zero-order valence-electron chi connectivity index (χ0n) is 12.6. The van der Waals surface area contributed by atoms with E-state index in [9.17, 15) is 4.79 Å². The summed E-state index contributed by atoms with van der Waals surface area (Å²) in [6, 6.07) is 10.4. The van der Waals surface area contributed by atoms with Crippen LogP contribution in [0.3, 0.4) is 0 Å². The van der Waals surface area contributed by atoms with Gasteiger partial charge in [-0.15, -0.1) is 11.3 Å². The molecule has 1 aromatic carbocycles. The molecule has 5 heteroatoms. The molecule has 0 aliphatic carbocycles. The maximum Gasteiger partial charge on any atom is 0.260 e. The summed E-state index contributed by atoms with van der Waals surface area (Å²) >= 11 is 3.18. The third kappa shape index (κ3) is 3.36. The summed E-state index contributed by atoms with van der Waals surface area (Å²) < 4.78 is 0. The zero-order chi connectivity index (χ0) is 15.5. The number of carbonyl (C=O) groups excluding carboxylic acids is 1. The summed E-state index contributed by atoms with van der Waals surface area (Å²) in [4.78, 5) is 14.0. The molecule has 2 aromatic rings. The molecule has 2 heterocycles. The second-order valence-corrected chi connectivity index (χ2v) is 7.24. The molecule has 3 rings (SSSR count). The molecule has 0 saturated carbocycles. The van der Waals surface area contributed by atoms with Crippen molar-refractivity contribution in [3.05, 3.63) is 56.6 Å². The molecular formula is C17H18N2OS2. The number of thioether (sulfide) groups is 1. The summed E-state index contributed by atoms with van der Waals surface area (Å²) in [7, 11) is 0. The van der Waals surface area contributed by atoms with E-state index < -0.39 is 0 Å². The number of hydrogen-bond donors (Lipinski definition) is 2. The number of aryl methyl sites for hydroxylation is 2. The normalized spacial score (nSPS) is 19.5. The van der Waals surface area contributed by atoms with Gasteiger partial charge in [-0.2, -0.15) is 0 Å². The van der Waals surface area contributed by atoms with Gasteiger partial charge in [0.05, 0.1) is 4.91 Å². The number of rotatable bonds is 4. The minimum absolute atomic E-state index is 0.0134. The lowest BCUT2D eigenvalue weighted by molar-refractivity contribution is -0.116. The van der Waals surface area contributed by atoms with Gasteiger partial charge >= 0.3 is 0 Å². The highest BCUT2D eigenvalue weighted by Crippen LogP contribution is 2.32. The predicted molar refractivity (Wildman–Crippen MR) is 96.0 cm³/mol. The quantitative estimate of drug-likeness (QED) is 0.825. The maximum atomic E-state index is 12.1. The van der Waals surface area contributed by atoms with Gasteiger partial charge in [-0.05, 0) is 54.1 Å². The van der Waals surface area contributed by atoms with Crippen molar-refractivity contribution in [1.29, 1.82) is 0 Å². The molecular weight excluding hydrogens is 312 g/mol. The molecule has 2 N–H and O–H groups in total. The van der Waals surface area contributed by atoms with E-state index in [2.05, 4.69) is 54.8 Å². The van der Waals surface area contributed by atoms with E-state index in [0.29, 0.717) is 0 Å². The molecule has 0 spiro atoms. The van der Waals surface area contributed by atoms with Crippen molar-refractivity contribution in [2.45, 2.75) is 25.8 Å². The molecule has 1 fully saturated rings. The van der Waals surface area contributed by atoms with E-state index in [0.717, 1.165) is 21.9 Å². The number of nitrogens with one attached hydrogen (secondary N) is 2. The van der Waals surface area contributed by atoms with Gasteiger partial charge in [0.25, 0.3) is 5.91 Å². The van der Waals surface area contributed by atoms with Crippen LogP contribution in [-0.2, 0) is 11.2 Å². The maximum absolute atomic E-state index is 12.1. The first kappa shape index (κ1) is 15.2. The fourth-order valence-corrected chi connectivity index (χ4v) is 4.10. The Labute approximate surface area is 138 Å². The van der Waals surface area contributed by atoms with Crippen molar-refractivity contribution in [3.63, 3.8) is 0 Å².